The number of benzene rings is 1. The lowest BCUT2D eigenvalue weighted by Crippen LogP contribution is -2.29. The highest BCUT2D eigenvalue weighted by Crippen LogP contribution is 2.42. The van der Waals surface area contributed by atoms with Crippen LogP contribution in [0.1, 0.15) is 24.0 Å². The second-order valence-electron chi connectivity index (χ2n) is 4.76. The Balaban J connectivity index is 1.81. The van der Waals surface area contributed by atoms with Gasteiger partial charge >= 0.3 is 0 Å². The Bertz CT molecular complexity index is 424. The largest absolute Gasteiger partial charge is 0.335 e. The Morgan fingerprint density at radius 3 is 2.50 bits per heavy atom. The van der Waals surface area contributed by atoms with Crippen LogP contribution in [0.2, 0.25) is 0 Å². The Labute approximate surface area is 95.2 Å². The van der Waals surface area contributed by atoms with Crippen LogP contribution >= 0.6 is 0 Å². The van der Waals surface area contributed by atoms with Crippen LogP contribution in [-0.2, 0) is 17.9 Å². The van der Waals surface area contributed by atoms with Crippen LogP contribution in [0.4, 0.5) is 0 Å². The highest BCUT2D eigenvalue weighted by molar-refractivity contribution is 5.84. The number of hydrogen-bond acceptors (Lipinski definition) is 2. The van der Waals surface area contributed by atoms with E-state index in [1.54, 1.807) is 0 Å². The molecule has 16 heavy (non-hydrogen) atoms. The van der Waals surface area contributed by atoms with Crippen molar-refractivity contribution in [3.8, 4) is 0 Å². The molecule has 3 aliphatic rings. The number of rotatable bonds is 3. The van der Waals surface area contributed by atoms with Gasteiger partial charge in [-0.1, -0.05) is 24.3 Å². The Kier molecular flexibility index (Phi) is 2.21. The van der Waals surface area contributed by atoms with Crippen molar-refractivity contribution in [2.75, 3.05) is 0 Å². The maximum absolute atomic E-state index is 11.8. The summed E-state index contributed by atoms with van der Waals surface area (Å²) in [5.41, 5.74) is 8.05. The van der Waals surface area contributed by atoms with Gasteiger partial charge in [0, 0.05) is 25.0 Å². The van der Waals surface area contributed by atoms with Crippen LogP contribution in [0.15, 0.2) is 24.3 Å². The highest BCUT2D eigenvalue weighted by atomic mass is 16.2. The van der Waals surface area contributed by atoms with E-state index in [0.717, 1.165) is 24.9 Å². The van der Waals surface area contributed by atoms with Crippen molar-refractivity contribution in [3.63, 3.8) is 0 Å². The number of fused-ring (bicyclic) bond motifs is 1. The maximum atomic E-state index is 11.8. The monoisotopic (exact) mass is 216 g/mol. The maximum Gasteiger partial charge on any atom is 0.226 e. The smallest absolute Gasteiger partial charge is 0.226 e. The minimum atomic E-state index is 0.329. The second-order valence-corrected chi connectivity index (χ2v) is 4.76. The van der Waals surface area contributed by atoms with Crippen molar-refractivity contribution < 1.29 is 4.79 Å². The van der Waals surface area contributed by atoms with Gasteiger partial charge < -0.3 is 10.6 Å². The summed E-state index contributed by atoms with van der Waals surface area (Å²) in [6.45, 7) is 1.29. The standard InChI is InChI=1S/C13H16N2O/c14-7-9-3-1-2-4-10(9)8-15-12-5-11(6-12)13(15)16/h1-4,11-12H,5-8,14H2. The third-order valence-corrected chi connectivity index (χ3v) is 3.87. The first-order valence-electron chi connectivity index (χ1n) is 5.87. The molecular formula is C13H16N2O. The normalized spacial score (nSPS) is 27.1. The van der Waals surface area contributed by atoms with E-state index in [0.29, 0.717) is 24.4 Å². The van der Waals surface area contributed by atoms with E-state index in [-0.39, 0.29) is 0 Å². The Morgan fingerprint density at radius 2 is 1.94 bits per heavy atom. The molecule has 0 unspecified atom stereocenters. The molecule has 1 aromatic rings. The summed E-state index contributed by atoms with van der Waals surface area (Å²) in [7, 11) is 0. The minimum Gasteiger partial charge on any atom is -0.335 e. The van der Waals surface area contributed by atoms with Crippen LogP contribution in [0.25, 0.3) is 0 Å². The molecule has 0 radical (unpaired) electrons. The fraction of sp³-hybridized carbons (Fsp3) is 0.462. The average Bonchev–Trinajstić information content (AvgIpc) is 2.69. The van der Waals surface area contributed by atoms with Gasteiger partial charge in [-0.15, -0.1) is 0 Å². The first-order valence-corrected chi connectivity index (χ1v) is 5.87. The van der Waals surface area contributed by atoms with Crippen LogP contribution in [0.3, 0.4) is 0 Å². The molecule has 0 atom stereocenters. The first-order chi connectivity index (χ1) is 7.79. The molecule has 2 heterocycles. The van der Waals surface area contributed by atoms with Crippen molar-refractivity contribution in [2.45, 2.75) is 32.0 Å². The number of carbonyl (C=O) groups is 1. The van der Waals surface area contributed by atoms with Gasteiger partial charge in [0.05, 0.1) is 0 Å². The molecule has 2 aliphatic heterocycles. The zero-order valence-electron chi connectivity index (χ0n) is 9.23. The number of amides is 1. The molecule has 0 spiro atoms. The van der Waals surface area contributed by atoms with E-state index in [9.17, 15) is 4.79 Å². The SMILES string of the molecule is NCc1ccccc1CN1C(=O)C2CC1C2. The van der Waals surface area contributed by atoms with E-state index >= 15 is 0 Å². The van der Waals surface area contributed by atoms with Gasteiger partial charge in [-0.2, -0.15) is 0 Å². The van der Waals surface area contributed by atoms with E-state index in [1.807, 2.05) is 23.1 Å². The van der Waals surface area contributed by atoms with Crippen molar-refractivity contribution in [1.29, 1.82) is 0 Å². The molecule has 1 amide bonds. The molecule has 4 rings (SSSR count). The Morgan fingerprint density at radius 1 is 1.25 bits per heavy atom. The van der Waals surface area contributed by atoms with Crippen molar-refractivity contribution >= 4 is 5.91 Å². The summed E-state index contributed by atoms with van der Waals surface area (Å²) < 4.78 is 0. The highest BCUT2D eigenvalue weighted by Gasteiger charge is 2.49. The third kappa shape index (κ3) is 1.35. The Hall–Kier alpha value is -1.35. The molecule has 3 nitrogen and oxygen atoms in total. The van der Waals surface area contributed by atoms with E-state index in [1.165, 1.54) is 5.56 Å². The summed E-state index contributed by atoms with van der Waals surface area (Å²) in [6, 6.07) is 8.63. The van der Waals surface area contributed by atoms with Crippen LogP contribution in [-0.4, -0.2) is 16.8 Å². The summed E-state index contributed by atoms with van der Waals surface area (Å²) in [5.74, 6) is 0.673. The average molecular weight is 216 g/mol. The lowest BCUT2D eigenvalue weighted by atomic mass is 9.86. The molecule has 2 saturated heterocycles. The lowest BCUT2D eigenvalue weighted by molar-refractivity contribution is -0.129. The molecule has 2 N–H and O–H groups in total. The molecule has 1 aromatic carbocycles. The van der Waals surface area contributed by atoms with E-state index in [2.05, 4.69) is 6.07 Å². The quantitative estimate of drug-likeness (QED) is 0.827. The third-order valence-electron chi connectivity index (χ3n) is 3.87. The van der Waals surface area contributed by atoms with Crippen LogP contribution < -0.4 is 5.73 Å². The molecule has 1 aliphatic carbocycles. The molecule has 3 fully saturated rings. The first kappa shape index (κ1) is 9.85. The summed E-state index contributed by atoms with van der Waals surface area (Å²) in [6.07, 6.45) is 2.15. The van der Waals surface area contributed by atoms with Gasteiger partial charge in [0.2, 0.25) is 5.91 Å². The second kappa shape index (κ2) is 3.59. The zero-order chi connectivity index (χ0) is 11.1. The molecule has 84 valence electrons. The van der Waals surface area contributed by atoms with Crippen LogP contribution in [0, 0.1) is 5.92 Å². The van der Waals surface area contributed by atoms with Gasteiger partial charge in [-0.05, 0) is 24.0 Å². The topological polar surface area (TPSA) is 46.3 Å². The summed E-state index contributed by atoms with van der Waals surface area (Å²) >= 11 is 0. The predicted octanol–water partition coefficient (Wildman–Crippen LogP) is 1.27. The van der Waals surface area contributed by atoms with Gasteiger partial charge in [0.1, 0.15) is 0 Å². The van der Waals surface area contributed by atoms with Gasteiger partial charge in [-0.25, -0.2) is 0 Å². The molecule has 3 heteroatoms. The van der Waals surface area contributed by atoms with Crippen molar-refractivity contribution in [2.24, 2.45) is 11.7 Å². The number of nitrogens with zero attached hydrogens (tertiary/aromatic N) is 1. The van der Waals surface area contributed by atoms with E-state index < -0.39 is 0 Å². The molecule has 1 saturated carbocycles. The predicted molar refractivity (Wildman–Crippen MR) is 61.4 cm³/mol. The fourth-order valence-corrected chi connectivity index (χ4v) is 2.76. The molecular weight excluding hydrogens is 200 g/mol. The lowest BCUT2D eigenvalue weighted by Gasteiger charge is -2.25. The van der Waals surface area contributed by atoms with E-state index in [4.69, 9.17) is 5.73 Å². The fourth-order valence-electron chi connectivity index (χ4n) is 2.76. The summed E-state index contributed by atoms with van der Waals surface area (Å²) in [5, 5.41) is 0. The number of hydrogen-bond donors (Lipinski definition) is 1. The minimum absolute atomic E-state index is 0.329. The van der Waals surface area contributed by atoms with Gasteiger partial charge in [-0.3, -0.25) is 4.79 Å². The number of carbonyl (C=O) groups excluding carboxylic acids is 1. The van der Waals surface area contributed by atoms with Crippen molar-refractivity contribution in [3.05, 3.63) is 35.4 Å². The zero-order valence-corrected chi connectivity index (χ0v) is 9.23. The summed E-state index contributed by atoms with van der Waals surface area (Å²) in [4.78, 5) is 13.9. The van der Waals surface area contributed by atoms with Crippen molar-refractivity contribution in [1.82, 2.24) is 4.90 Å². The van der Waals surface area contributed by atoms with Gasteiger partial charge in [0.15, 0.2) is 0 Å². The van der Waals surface area contributed by atoms with Crippen LogP contribution in [0.5, 0.6) is 0 Å². The molecule has 2 bridgehead atoms. The number of nitrogens with two attached hydrogens (primary N) is 1. The van der Waals surface area contributed by atoms with Gasteiger partial charge in [0.25, 0.3) is 0 Å². The molecule has 0 aromatic heterocycles.